The van der Waals surface area contributed by atoms with Gasteiger partial charge in [0.1, 0.15) is 5.82 Å². The van der Waals surface area contributed by atoms with Crippen molar-refractivity contribution in [2.75, 3.05) is 30.8 Å². The van der Waals surface area contributed by atoms with Gasteiger partial charge < -0.3 is 15.7 Å². The molecule has 0 aliphatic carbocycles. The Morgan fingerprint density at radius 2 is 2.23 bits per heavy atom. The van der Waals surface area contributed by atoms with Gasteiger partial charge in [0.15, 0.2) is 0 Å². The number of aromatic nitrogens is 2. The predicted octanol–water partition coefficient (Wildman–Crippen LogP) is -0.204. The Balaban J connectivity index is 2.87. The van der Waals surface area contributed by atoms with Crippen molar-refractivity contribution >= 4 is 11.8 Å². The van der Waals surface area contributed by atoms with Crippen LogP contribution in [0.25, 0.3) is 0 Å². The van der Waals surface area contributed by atoms with E-state index < -0.39 is 0 Å². The number of hydrogen-bond donors (Lipinski definition) is 2. The van der Waals surface area contributed by atoms with Crippen molar-refractivity contribution in [1.82, 2.24) is 9.97 Å². The number of nitrogens with two attached hydrogens (primary N) is 1. The third-order valence-electron chi connectivity index (χ3n) is 1.68. The molecule has 0 aliphatic rings. The Morgan fingerprint density at radius 3 is 2.77 bits per heavy atom. The normalized spacial score (nSPS) is 10.1. The van der Waals surface area contributed by atoms with Gasteiger partial charge in [-0.05, 0) is 6.92 Å². The zero-order chi connectivity index (χ0) is 9.84. The van der Waals surface area contributed by atoms with Crippen LogP contribution in [-0.2, 0) is 0 Å². The van der Waals surface area contributed by atoms with E-state index >= 15 is 0 Å². The van der Waals surface area contributed by atoms with Gasteiger partial charge in [0.25, 0.3) is 0 Å². The molecule has 5 heteroatoms. The predicted molar refractivity (Wildman–Crippen MR) is 51.5 cm³/mol. The fourth-order valence-electron chi connectivity index (χ4n) is 1.03. The van der Waals surface area contributed by atoms with E-state index in [1.165, 1.54) is 0 Å². The van der Waals surface area contributed by atoms with Gasteiger partial charge in [0.05, 0.1) is 6.61 Å². The van der Waals surface area contributed by atoms with Crippen molar-refractivity contribution in [2.24, 2.45) is 0 Å². The summed E-state index contributed by atoms with van der Waals surface area (Å²) in [6.45, 7) is 2.49. The van der Waals surface area contributed by atoms with Crippen molar-refractivity contribution in [1.29, 1.82) is 0 Å². The van der Waals surface area contributed by atoms with Gasteiger partial charge in [-0.2, -0.15) is 4.98 Å². The molecule has 72 valence electrons. The molecule has 1 heterocycles. The van der Waals surface area contributed by atoms with E-state index in [0.29, 0.717) is 6.54 Å². The first-order valence-electron chi connectivity index (χ1n) is 4.06. The molecule has 1 aromatic heterocycles. The highest BCUT2D eigenvalue weighted by Crippen LogP contribution is 2.10. The fraction of sp³-hybridized carbons (Fsp3) is 0.500. The fourth-order valence-corrected chi connectivity index (χ4v) is 1.03. The Hall–Kier alpha value is -1.36. The standard InChI is InChI=1S/C8H14N4O/c1-6-5-7(11-8(9)10-6)12(2)3-4-13/h5,13H,3-4H2,1-2H3,(H2,9,10,11). The molecule has 13 heavy (non-hydrogen) atoms. The third-order valence-corrected chi connectivity index (χ3v) is 1.68. The number of hydrogen-bond acceptors (Lipinski definition) is 5. The van der Waals surface area contributed by atoms with Crippen LogP contribution in [-0.4, -0.2) is 35.3 Å². The van der Waals surface area contributed by atoms with E-state index in [0.717, 1.165) is 11.5 Å². The Morgan fingerprint density at radius 1 is 1.54 bits per heavy atom. The summed E-state index contributed by atoms with van der Waals surface area (Å²) in [4.78, 5) is 9.81. The van der Waals surface area contributed by atoms with Crippen molar-refractivity contribution in [3.05, 3.63) is 11.8 Å². The lowest BCUT2D eigenvalue weighted by Gasteiger charge is -2.16. The molecule has 0 atom stereocenters. The second kappa shape index (κ2) is 4.04. The summed E-state index contributed by atoms with van der Waals surface area (Å²) < 4.78 is 0. The van der Waals surface area contributed by atoms with E-state index in [1.807, 2.05) is 24.9 Å². The Bertz CT molecular complexity index is 269. The van der Waals surface area contributed by atoms with Crippen LogP contribution in [0.2, 0.25) is 0 Å². The third kappa shape index (κ3) is 2.55. The first kappa shape index (κ1) is 9.73. The smallest absolute Gasteiger partial charge is 0.222 e. The average molecular weight is 182 g/mol. The van der Waals surface area contributed by atoms with Crippen LogP contribution < -0.4 is 10.6 Å². The summed E-state index contributed by atoms with van der Waals surface area (Å²) in [5, 5.41) is 8.72. The molecule has 0 amide bonds. The summed E-state index contributed by atoms with van der Waals surface area (Å²) in [6.07, 6.45) is 0. The zero-order valence-electron chi connectivity index (χ0n) is 7.86. The summed E-state index contributed by atoms with van der Waals surface area (Å²) in [5.74, 6) is 0.999. The van der Waals surface area contributed by atoms with Gasteiger partial charge in [-0.15, -0.1) is 0 Å². The Labute approximate surface area is 77.2 Å². The lowest BCUT2D eigenvalue weighted by molar-refractivity contribution is 0.304. The van der Waals surface area contributed by atoms with Crippen molar-refractivity contribution in [2.45, 2.75) is 6.92 Å². The Kier molecular flexibility index (Phi) is 3.02. The van der Waals surface area contributed by atoms with Crippen LogP contribution in [0.15, 0.2) is 6.07 Å². The van der Waals surface area contributed by atoms with Gasteiger partial charge in [-0.1, -0.05) is 0 Å². The van der Waals surface area contributed by atoms with Crippen LogP contribution in [0, 0.1) is 6.92 Å². The van der Waals surface area contributed by atoms with Gasteiger partial charge >= 0.3 is 0 Å². The second-order valence-electron chi connectivity index (χ2n) is 2.87. The number of nitrogen functional groups attached to an aromatic ring is 1. The first-order chi connectivity index (χ1) is 6.13. The SMILES string of the molecule is Cc1cc(N(C)CCO)nc(N)n1. The topological polar surface area (TPSA) is 75.3 Å². The summed E-state index contributed by atoms with van der Waals surface area (Å²) >= 11 is 0. The highest BCUT2D eigenvalue weighted by atomic mass is 16.3. The molecular formula is C8H14N4O. The summed E-state index contributed by atoms with van der Waals surface area (Å²) in [7, 11) is 1.84. The zero-order valence-corrected chi connectivity index (χ0v) is 7.86. The van der Waals surface area contributed by atoms with E-state index in [1.54, 1.807) is 0 Å². The number of rotatable bonds is 3. The van der Waals surface area contributed by atoms with E-state index in [4.69, 9.17) is 10.8 Å². The molecule has 0 saturated carbocycles. The van der Waals surface area contributed by atoms with Crippen LogP contribution in [0.5, 0.6) is 0 Å². The number of aryl methyl sites for hydroxylation is 1. The average Bonchev–Trinajstić information content (AvgIpc) is 2.03. The number of anilines is 2. The van der Waals surface area contributed by atoms with Gasteiger partial charge in [0, 0.05) is 25.4 Å². The van der Waals surface area contributed by atoms with Crippen molar-refractivity contribution < 1.29 is 5.11 Å². The maximum atomic E-state index is 8.72. The van der Waals surface area contributed by atoms with E-state index in [-0.39, 0.29) is 12.6 Å². The van der Waals surface area contributed by atoms with Crippen molar-refractivity contribution in [3.8, 4) is 0 Å². The molecule has 5 nitrogen and oxygen atoms in total. The van der Waals surface area contributed by atoms with Crippen LogP contribution in [0.3, 0.4) is 0 Å². The van der Waals surface area contributed by atoms with Crippen LogP contribution >= 0.6 is 0 Å². The van der Waals surface area contributed by atoms with Crippen LogP contribution in [0.1, 0.15) is 5.69 Å². The minimum absolute atomic E-state index is 0.0967. The second-order valence-corrected chi connectivity index (χ2v) is 2.87. The maximum Gasteiger partial charge on any atom is 0.222 e. The highest BCUT2D eigenvalue weighted by molar-refractivity contribution is 5.42. The van der Waals surface area contributed by atoms with Gasteiger partial charge in [-0.3, -0.25) is 0 Å². The quantitative estimate of drug-likeness (QED) is 0.677. The van der Waals surface area contributed by atoms with Gasteiger partial charge in [-0.25, -0.2) is 4.98 Å². The minimum Gasteiger partial charge on any atom is -0.395 e. The van der Waals surface area contributed by atoms with E-state index in [2.05, 4.69) is 9.97 Å². The molecule has 0 aromatic carbocycles. The molecule has 0 bridgehead atoms. The monoisotopic (exact) mass is 182 g/mol. The highest BCUT2D eigenvalue weighted by Gasteiger charge is 2.03. The summed E-state index contributed by atoms with van der Waals surface area (Å²) in [5.41, 5.74) is 6.31. The van der Waals surface area contributed by atoms with Gasteiger partial charge in [0.2, 0.25) is 5.95 Å². The van der Waals surface area contributed by atoms with Crippen LogP contribution in [0.4, 0.5) is 11.8 Å². The molecule has 0 radical (unpaired) electrons. The molecular weight excluding hydrogens is 168 g/mol. The molecule has 1 rings (SSSR count). The molecule has 0 spiro atoms. The molecule has 0 aliphatic heterocycles. The lowest BCUT2D eigenvalue weighted by atomic mass is 10.4. The minimum atomic E-state index is 0.0967. The molecule has 0 unspecified atom stereocenters. The number of nitrogens with zero attached hydrogens (tertiary/aromatic N) is 3. The largest absolute Gasteiger partial charge is 0.395 e. The summed E-state index contributed by atoms with van der Waals surface area (Å²) in [6, 6.07) is 1.83. The number of aliphatic hydroxyl groups excluding tert-OH is 1. The molecule has 1 aromatic rings. The van der Waals surface area contributed by atoms with E-state index in [9.17, 15) is 0 Å². The molecule has 0 fully saturated rings. The maximum absolute atomic E-state index is 8.72. The first-order valence-corrected chi connectivity index (χ1v) is 4.06. The van der Waals surface area contributed by atoms with Crippen molar-refractivity contribution in [3.63, 3.8) is 0 Å². The molecule has 3 N–H and O–H groups in total. The number of aliphatic hydroxyl groups is 1. The molecule has 0 saturated heterocycles. The number of likely N-dealkylation sites (N-methyl/N-ethyl adjacent to an activating group) is 1. The lowest BCUT2D eigenvalue weighted by Crippen LogP contribution is -2.22.